The van der Waals surface area contributed by atoms with E-state index >= 15 is 0 Å². The van der Waals surface area contributed by atoms with Crippen molar-refractivity contribution in [2.45, 2.75) is 20.0 Å². The van der Waals surface area contributed by atoms with Crippen LogP contribution in [0.2, 0.25) is 5.02 Å². The topological polar surface area (TPSA) is 42.8 Å². The second kappa shape index (κ2) is 6.38. The van der Waals surface area contributed by atoms with E-state index in [2.05, 4.69) is 5.32 Å². The zero-order valence-electron chi connectivity index (χ0n) is 12.4. The molecule has 5 heteroatoms. The van der Waals surface area contributed by atoms with Crippen LogP contribution in [-0.4, -0.2) is 12.6 Å². The van der Waals surface area contributed by atoms with Crippen molar-refractivity contribution in [1.82, 2.24) is 0 Å². The molecule has 22 heavy (non-hydrogen) atoms. The molecule has 1 atom stereocenters. The van der Waals surface area contributed by atoms with E-state index in [0.29, 0.717) is 6.73 Å². The van der Waals surface area contributed by atoms with Gasteiger partial charge in [-0.05, 0) is 30.3 Å². The Hall–Kier alpha value is -2.04. The van der Waals surface area contributed by atoms with E-state index in [-0.39, 0.29) is 5.91 Å². The van der Waals surface area contributed by atoms with E-state index in [1.165, 1.54) is 17.4 Å². The maximum Gasteiger partial charge on any atom is 0.222 e. The van der Waals surface area contributed by atoms with Gasteiger partial charge in [-0.1, -0.05) is 23.7 Å². The van der Waals surface area contributed by atoms with Gasteiger partial charge >= 0.3 is 0 Å². The minimum Gasteiger partial charge on any atom is -0.445 e. The fourth-order valence-corrected chi connectivity index (χ4v) is 2.77. The highest BCUT2D eigenvalue weighted by Gasteiger charge is 2.21. The molecule has 2 N–H and O–H groups in total. The van der Waals surface area contributed by atoms with Gasteiger partial charge in [0.15, 0.2) is 0 Å². The van der Waals surface area contributed by atoms with Gasteiger partial charge in [-0.15, -0.1) is 0 Å². The molecule has 2 aromatic carbocycles. The second-order valence-corrected chi connectivity index (χ2v) is 5.96. The molecule has 1 heterocycles. The van der Waals surface area contributed by atoms with Crippen LogP contribution in [0.5, 0.6) is 5.75 Å². The van der Waals surface area contributed by atoms with E-state index in [4.69, 9.17) is 16.3 Å². The quantitative estimate of drug-likeness (QED) is 0.911. The van der Waals surface area contributed by atoms with Crippen molar-refractivity contribution in [1.29, 1.82) is 0 Å². The molecule has 0 radical (unpaired) electrons. The first kappa shape index (κ1) is 14.9. The molecule has 0 bridgehead atoms. The number of hydrogen-bond donors (Lipinski definition) is 2. The Balaban J connectivity index is 1.71. The summed E-state index contributed by atoms with van der Waals surface area (Å²) in [7, 11) is 0. The summed E-state index contributed by atoms with van der Waals surface area (Å²) in [4.78, 5) is 12.5. The molecule has 1 aliphatic rings. The van der Waals surface area contributed by atoms with Crippen molar-refractivity contribution in [2.24, 2.45) is 0 Å². The number of nitrogens with one attached hydrogen (secondary N) is 2. The van der Waals surface area contributed by atoms with Crippen LogP contribution in [-0.2, 0) is 17.9 Å². The number of carbonyl (C=O) groups excluding carboxylic acids is 1. The Bertz CT molecular complexity index is 686. The zero-order chi connectivity index (χ0) is 15.5. The van der Waals surface area contributed by atoms with Crippen molar-refractivity contribution in [3.8, 4) is 5.75 Å². The molecule has 0 saturated heterocycles. The van der Waals surface area contributed by atoms with Crippen molar-refractivity contribution >= 4 is 23.2 Å². The van der Waals surface area contributed by atoms with Crippen LogP contribution in [0.3, 0.4) is 0 Å². The van der Waals surface area contributed by atoms with Crippen LogP contribution >= 0.6 is 11.6 Å². The van der Waals surface area contributed by atoms with Gasteiger partial charge in [-0.2, -0.15) is 0 Å². The summed E-state index contributed by atoms with van der Waals surface area (Å²) in [6.45, 7) is 3.88. The van der Waals surface area contributed by atoms with Crippen LogP contribution in [0.4, 0.5) is 5.69 Å². The van der Waals surface area contributed by atoms with Gasteiger partial charge in [0.05, 0.1) is 5.56 Å². The summed E-state index contributed by atoms with van der Waals surface area (Å²) in [5.74, 6) is 0.830. The Morgan fingerprint density at radius 2 is 2.05 bits per heavy atom. The number of quaternary nitrogens is 1. The molecule has 1 amide bonds. The molecule has 3 rings (SSSR count). The van der Waals surface area contributed by atoms with Gasteiger partial charge in [-0.25, -0.2) is 0 Å². The molecule has 0 aliphatic carbocycles. The molecule has 0 aromatic heterocycles. The molecule has 0 fully saturated rings. The number of ether oxygens (including phenoxy) is 1. The number of halogens is 1. The Morgan fingerprint density at radius 1 is 1.27 bits per heavy atom. The summed E-state index contributed by atoms with van der Waals surface area (Å²) in [6, 6.07) is 13.7. The lowest BCUT2D eigenvalue weighted by Crippen LogP contribution is -3.10. The van der Waals surface area contributed by atoms with E-state index in [0.717, 1.165) is 35.1 Å². The highest BCUT2D eigenvalue weighted by atomic mass is 35.5. The number of amides is 1. The van der Waals surface area contributed by atoms with Crippen LogP contribution in [0.25, 0.3) is 0 Å². The lowest BCUT2D eigenvalue weighted by molar-refractivity contribution is -0.945. The fraction of sp³-hybridized carbons (Fsp3) is 0.235. The van der Waals surface area contributed by atoms with Gasteiger partial charge in [0.25, 0.3) is 0 Å². The van der Waals surface area contributed by atoms with Crippen LogP contribution in [0.15, 0.2) is 42.5 Å². The SMILES string of the molecule is CC(=O)Nc1ccc2c(c1)C[NH+](Cc1ccc(Cl)cc1)CO2. The van der Waals surface area contributed by atoms with E-state index in [1.54, 1.807) is 0 Å². The summed E-state index contributed by atoms with van der Waals surface area (Å²) in [6.07, 6.45) is 0. The summed E-state index contributed by atoms with van der Waals surface area (Å²) < 4.78 is 5.82. The highest BCUT2D eigenvalue weighted by Crippen LogP contribution is 2.23. The summed E-state index contributed by atoms with van der Waals surface area (Å²) in [5.41, 5.74) is 3.15. The number of carbonyl (C=O) groups is 1. The average Bonchev–Trinajstić information content (AvgIpc) is 2.49. The molecule has 4 nitrogen and oxygen atoms in total. The second-order valence-electron chi connectivity index (χ2n) is 5.52. The molecule has 1 aliphatic heterocycles. The summed E-state index contributed by atoms with van der Waals surface area (Å²) >= 11 is 5.91. The third kappa shape index (κ3) is 3.59. The molecular formula is C17H18ClN2O2+. The number of fused-ring (bicyclic) bond motifs is 1. The van der Waals surface area contributed by atoms with Crippen molar-refractivity contribution in [2.75, 3.05) is 12.0 Å². The predicted molar refractivity (Wildman–Crippen MR) is 86.1 cm³/mol. The third-order valence-electron chi connectivity index (χ3n) is 3.62. The maximum atomic E-state index is 11.2. The Kier molecular flexibility index (Phi) is 4.32. The monoisotopic (exact) mass is 317 g/mol. The number of hydrogen-bond acceptors (Lipinski definition) is 2. The number of rotatable bonds is 3. The normalized spacial score (nSPS) is 16.5. The molecule has 2 aromatic rings. The zero-order valence-corrected chi connectivity index (χ0v) is 13.1. The van der Waals surface area contributed by atoms with E-state index < -0.39 is 0 Å². The molecule has 0 saturated carbocycles. The van der Waals surface area contributed by atoms with Crippen LogP contribution in [0, 0.1) is 0 Å². The van der Waals surface area contributed by atoms with E-state index in [1.807, 2.05) is 42.5 Å². The predicted octanol–water partition coefficient (Wildman–Crippen LogP) is 2.23. The highest BCUT2D eigenvalue weighted by molar-refractivity contribution is 6.30. The number of benzene rings is 2. The van der Waals surface area contributed by atoms with Crippen LogP contribution < -0.4 is 15.0 Å². The average molecular weight is 318 g/mol. The van der Waals surface area contributed by atoms with E-state index in [9.17, 15) is 4.79 Å². The summed E-state index contributed by atoms with van der Waals surface area (Å²) in [5, 5.41) is 3.56. The first-order valence-corrected chi connectivity index (χ1v) is 7.59. The third-order valence-corrected chi connectivity index (χ3v) is 3.87. The molecule has 1 unspecified atom stereocenters. The lowest BCUT2D eigenvalue weighted by Gasteiger charge is -2.26. The first-order valence-electron chi connectivity index (χ1n) is 7.21. The molecular weight excluding hydrogens is 300 g/mol. The first-order chi connectivity index (χ1) is 10.6. The largest absolute Gasteiger partial charge is 0.445 e. The molecule has 114 valence electrons. The lowest BCUT2D eigenvalue weighted by atomic mass is 10.1. The van der Waals surface area contributed by atoms with Crippen LogP contribution in [0.1, 0.15) is 18.1 Å². The minimum absolute atomic E-state index is 0.0676. The maximum absolute atomic E-state index is 11.2. The van der Waals surface area contributed by atoms with Crippen molar-refractivity contribution < 1.29 is 14.4 Å². The van der Waals surface area contributed by atoms with Gasteiger partial charge < -0.3 is 10.1 Å². The standard InChI is InChI=1S/C17H17ClN2O2/c1-12(21)19-16-6-7-17-14(8-16)10-20(11-22-17)9-13-2-4-15(18)5-3-13/h2-8H,9-11H2,1H3,(H,19,21)/p+1. The van der Waals surface area contributed by atoms with Gasteiger partial charge in [0.2, 0.25) is 12.6 Å². The smallest absolute Gasteiger partial charge is 0.222 e. The minimum atomic E-state index is -0.0676. The van der Waals surface area contributed by atoms with Crippen molar-refractivity contribution in [3.05, 3.63) is 58.6 Å². The Morgan fingerprint density at radius 3 is 2.77 bits per heavy atom. The van der Waals surface area contributed by atoms with Crippen molar-refractivity contribution in [3.63, 3.8) is 0 Å². The Labute approximate surface area is 134 Å². The fourth-order valence-electron chi connectivity index (χ4n) is 2.64. The molecule has 0 spiro atoms. The van der Waals surface area contributed by atoms with Gasteiger partial charge in [-0.3, -0.25) is 9.69 Å². The van der Waals surface area contributed by atoms with Gasteiger partial charge in [0.1, 0.15) is 18.8 Å². The van der Waals surface area contributed by atoms with Gasteiger partial charge in [0, 0.05) is 23.2 Å². The number of anilines is 1.